The number of amides is 1. The molecular weight excluding hydrogens is 504 g/mol. The van der Waals surface area contributed by atoms with Crippen LogP contribution in [-0.4, -0.2) is 53.3 Å². The SMILES string of the molecule is COc1cc2ncnc(Nc3ccc(F)c(Cl)c3)c2cc1OC1CCC(N(C)C(=O)C(F)(F)F)CC1. The van der Waals surface area contributed by atoms with Crippen LogP contribution in [0, 0.1) is 5.82 Å². The highest BCUT2D eigenvalue weighted by Crippen LogP contribution is 2.37. The number of rotatable bonds is 6. The highest BCUT2D eigenvalue weighted by atomic mass is 35.5. The van der Waals surface area contributed by atoms with Gasteiger partial charge in [0.25, 0.3) is 0 Å². The van der Waals surface area contributed by atoms with Crippen molar-refractivity contribution in [3.63, 3.8) is 0 Å². The van der Waals surface area contributed by atoms with Gasteiger partial charge >= 0.3 is 12.1 Å². The first-order valence-electron chi connectivity index (χ1n) is 11.1. The zero-order valence-electron chi connectivity index (χ0n) is 19.4. The monoisotopic (exact) mass is 526 g/mol. The van der Waals surface area contributed by atoms with Crippen LogP contribution in [0.5, 0.6) is 11.5 Å². The van der Waals surface area contributed by atoms with E-state index in [1.165, 1.54) is 38.7 Å². The molecule has 1 N–H and O–H groups in total. The summed E-state index contributed by atoms with van der Waals surface area (Å²) >= 11 is 5.88. The Morgan fingerprint density at radius 3 is 2.47 bits per heavy atom. The molecule has 0 saturated heterocycles. The molecule has 2 aromatic carbocycles. The second kappa shape index (κ2) is 10.3. The van der Waals surface area contributed by atoms with E-state index in [1.807, 2.05) is 0 Å². The standard InChI is InChI=1S/C24H23ClF4N4O3/c1-33(23(34)24(27,28)29)14-4-6-15(7-5-14)36-21-10-16-19(11-20(21)35-2)30-12-31-22(16)32-13-3-8-18(26)17(25)9-13/h3,8-12,14-15H,4-7H2,1-2H3,(H,30,31,32). The van der Waals surface area contributed by atoms with Crippen molar-refractivity contribution >= 4 is 39.9 Å². The van der Waals surface area contributed by atoms with E-state index in [2.05, 4.69) is 15.3 Å². The maximum atomic E-state index is 13.5. The highest BCUT2D eigenvalue weighted by Gasteiger charge is 2.43. The van der Waals surface area contributed by atoms with E-state index in [9.17, 15) is 22.4 Å². The Kier molecular flexibility index (Phi) is 7.39. The van der Waals surface area contributed by atoms with E-state index >= 15 is 0 Å². The molecule has 192 valence electrons. The van der Waals surface area contributed by atoms with Gasteiger partial charge in [-0.3, -0.25) is 4.79 Å². The van der Waals surface area contributed by atoms with Gasteiger partial charge in [0.1, 0.15) is 18.0 Å². The zero-order chi connectivity index (χ0) is 26.0. The summed E-state index contributed by atoms with van der Waals surface area (Å²) < 4.78 is 63.5. The normalized spacial score (nSPS) is 18.1. The van der Waals surface area contributed by atoms with Gasteiger partial charge in [0.2, 0.25) is 0 Å². The van der Waals surface area contributed by atoms with E-state index < -0.39 is 23.9 Å². The summed E-state index contributed by atoms with van der Waals surface area (Å²) in [5.74, 6) is -1.10. The summed E-state index contributed by atoms with van der Waals surface area (Å²) in [6.45, 7) is 0. The first-order chi connectivity index (χ1) is 17.1. The lowest BCUT2D eigenvalue weighted by Gasteiger charge is -2.35. The Labute approximate surface area is 209 Å². The number of benzene rings is 2. The molecule has 0 atom stereocenters. The van der Waals surface area contributed by atoms with E-state index in [0.717, 1.165) is 4.90 Å². The molecule has 1 heterocycles. The fourth-order valence-corrected chi connectivity index (χ4v) is 4.40. The van der Waals surface area contributed by atoms with Crippen molar-refractivity contribution in [1.29, 1.82) is 0 Å². The van der Waals surface area contributed by atoms with Gasteiger partial charge in [-0.05, 0) is 49.9 Å². The number of ether oxygens (including phenoxy) is 2. The quantitative estimate of drug-likeness (QED) is 0.404. The van der Waals surface area contributed by atoms with Gasteiger partial charge in [0.05, 0.1) is 23.8 Å². The highest BCUT2D eigenvalue weighted by molar-refractivity contribution is 6.31. The van der Waals surface area contributed by atoms with Gasteiger partial charge in [-0.15, -0.1) is 0 Å². The minimum absolute atomic E-state index is 0.0396. The molecule has 4 rings (SSSR count). The van der Waals surface area contributed by atoms with Crippen molar-refractivity contribution in [3.8, 4) is 11.5 Å². The van der Waals surface area contributed by atoms with E-state index in [0.29, 0.717) is 59.6 Å². The number of halogens is 5. The summed E-state index contributed by atoms with van der Waals surface area (Å²) in [5, 5.41) is 3.67. The minimum Gasteiger partial charge on any atom is -0.493 e. The number of alkyl halides is 3. The Morgan fingerprint density at radius 1 is 1.11 bits per heavy atom. The van der Waals surface area contributed by atoms with Crippen molar-refractivity contribution in [1.82, 2.24) is 14.9 Å². The fourth-order valence-electron chi connectivity index (χ4n) is 4.22. The van der Waals surface area contributed by atoms with Gasteiger partial charge in [0, 0.05) is 30.2 Å². The van der Waals surface area contributed by atoms with Crippen molar-refractivity contribution < 1.29 is 31.8 Å². The lowest BCUT2D eigenvalue weighted by Crippen LogP contribution is -2.46. The van der Waals surface area contributed by atoms with Crippen LogP contribution >= 0.6 is 11.6 Å². The van der Waals surface area contributed by atoms with Crippen LogP contribution in [0.15, 0.2) is 36.7 Å². The second-order valence-corrected chi connectivity index (χ2v) is 8.87. The van der Waals surface area contributed by atoms with Crippen LogP contribution in [0.3, 0.4) is 0 Å². The molecular formula is C24H23ClF4N4O3. The largest absolute Gasteiger partial charge is 0.493 e. The molecule has 1 saturated carbocycles. The molecule has 1 aliphatic rings. The van der Waals surface area contributed by atoms with Gasteiger partial charge in [-0.25, -0.2) is 14.4 Å². The maximum absolute atomic E-state index is 13.5. The summed E-state index contributed by atoms with van der Waals surface area (Å²) in [4.78, 5) is 20.9. The number of nitrogens with one attached hydrogen (secondary N) is 1. The van der Waals surface area contributed by atoms with Gasteiger partial charge in [-0.2, -0.15) is 13.2 Å². The summed E-state index contributed by atoms with van der Waals surface area (Å²) in [6, 6.07) is 7.09. The van der Waals surface area contributed by atoms with E-state index in [1.54, 1.807) is 12.1 Å². The number of nitrogens with zero attached hydrogens (tertiary/aromatic N) is 3. The molecule has 0 bridgehead atoms. The molecule has 12 heteroatoms. The maximum Gasteiger partial charge on any atom is 0.471 e. The molecule has 7 nitrogen and oxygen atoms in total. The predicted molar refractivity (Wildman–Crippen MR) is 126 cm³/mol. The Bertz CT molecular complexity index is 1270. The minimum atomic E-state index is -4.90. The average Bonchev–Trinajstić information content (AvgIpc) is 2.85. The Hall–Kier alpha value is -3.34. The first-order valence-corrected chi connectivity index (χ1v) is 11.5. The Balaban J connectivity index is 1.52. The lowest BCUT2D eigenvalue weighted by atomic mass is 9.92. The molecule has 0 spiro atoms. The molecule has 1 aromatic heterocycles. The number of carbonyl (C=O) groups excluding carboxylic acids is 1. The van der Waals surface area contributed by atoms with Gasteiger partial charge in [-0.1, -0.05) is 11.6 Å². The molecule has 0 aliphatic heterocycles. The number of anilines is 2. The molecule has 0 radical (unpaired) electrons. The molecule has 36 heavy (non-hydrogen) atoms. The third kappa shape index (κ3) is 5.56. The van der Waals surface area contributed by atoms with Crippen LogP contribution in [-0.2, 0) is 4.79 Å². The summed E-state index contributed by atoms with van der Waals surface area (Å²) in [5.41, 5.74) is 1.09. The van der Waals surface area contributed by atoms with Gasteiger partial charge in [0.15, 0.2) is 11.5 Å². The number of hydrogen-bond acceptors (Lipinski definition) is 6. The smallest absolute Gasteiger partial charge is 0.471 e. The third-order valence-electron chi connectivity index (χ3n) is 6.15. The fraction of sp³-hybridized carbons (Fsp3) is 0.375. The van der Waals surface area contributed by atoms with E-state index in [-0.39, 0.29) is 11.1 Å². The number of aromatic nitrogens is 2. The molecule has 1 fully saturated rings. The summed E-state index contributed by atoms with van der Waals surface area (Å²) in [6.07, 6.45) is -2.12. The van der Waals surface area contributed by atoms with Crippen molar-refractivity contribution in [2.45, 2.75) is 44.0 Å². The lowest BCUT2D eigenvalue weighted by molar-refractivity contribution is -0.187. The number of hydrogen-bond donors (Lipinski definition) is 1. The predicted octanol–water partition coefficient (Wildman–Crippen LogP) is 5.89. The van der Waals surface area contributed by atoms with Crippen LogP contribution < -0.4 is 14.8 Å². The second-order valence-electron chi connectivity index (χ2n) is 8.46. The Morgan fingerprint density at radius 2 is 1.83 bits per heavy atom. The van der Waals surface area contributed by atoms with Crippen LogP contribution in [0.25, 0.3) is 10.9 Å². The van der Waals surface area contributed by atoms with Crippen molar-refractivity contribution in [3.05, 3.63) is 47.5 Å². The third-order valence-corrected chi connectivity index (χ3v) is 6.44. The van der Waals surface area contributed by atoms with E-state index in [4.69, 9.17) is 21.1 Å². The van der Waals surface area contributed by atoms with Crippen LogP contribution in [0.4, 0.5) is 29.1 Å². The van der Waals surface area contributed by atoms with Crippen molar-refractivity contribution in [2.75, 3.05) is 19.5 Å². The summed E-state index contributed by atoms with van der Waals surface area (Å²) in [7, 11) is 2.67. The zero-order valence-corrected chi connectivity index (χ0v) is 20.2. The number of fused-ring (bicyclic) bond motifs is 1. The number of methoxy groups -OCH3 is 1. The van der Waals surface area contributed by atoms with Gasteiger partial charge < -0.3 is 19.7 Å². The average molecular weight is 527 g/mol. The molecule has 1 aliphatic carbocycles. The molecule has 0 unspecified atom stereocenters. The van der Waals surface area contributed by atoms with Crippen LogP contribution in [0.2, 0.25) is 5.02 Å². The van der Waals surface area contributed by atoms with Crippen molar-refractivity contribution in [2.24, 2.45) is 0 Å². The topological polar surface area (TPSA) is 76.6 Å². The number of carbonyl (C=O) groups is 1. The molecule has 1 amide bonds. The molecule has 3 aromatic rings. The van der Waals surface area contributed by atoms with Crippen LogP contribution in [0.1, 0.15) is 25.7 Å². The first kappa shape index (κ1) is 25.7.